The van der Waals surface area contributed by atoms with Crippen LogP contribution < -0.4 is 0 Å². The van der Waals surface area contributed by atoms with E-state index in [9.17, 15) is 9.59 Å². The van der Waals surface area contributed by atoms with Crippen molar-refractivity contribution in [3.63, 3.8) is 0 Å². The van der Waals surface area contributed by atoms with Crippen molar-refractivity contribution in [2.45, 2.75) is 71.3 Å². The molecule has 0 radical (unpaired) electrons. The van der Waals surface area contributed by atoms with E-state index in [2.05, 4.69) is 6.92 Å². The van der Waals surface area contributed by atoms with Crippen molar-refractivity contribution < 1.29 is 19.1 Å². The van der Waals surface area contributed by atoms with Gasteiger partial charge >= 0.3 is 5.97 Å². The summed E-state index contributed by atoms with van der Waals surface area (Å²) in [7, 11) is 0. The molecule has 0 saturated heterocycles. The molecule has 0 N–H and O–H groups in total. The Labute approximate surface area is 110 Å². The molecule has 0 rings (SSSR count). The molecule has 0 amide bonds. The molecular formula is C14H26O4. The van der Waals surface area contributed by atoms with Crippen LogP contribution >= 0.6 is 0 Å². The fourth-order valence-corrected chi connectivity index (χ4v) is 1.86. The smallest absolute Gasteiger partial charge is 0.305 e. The van der Waals surface area contributed by atoms with Crippen LogP contribution in [0.2, 0.25) is 0 Å². The SMILES string of the molecule is CCCCCCC(CCCC(=O)OCC)OC=O. The minimum atomic E-state index is -0.173. The second kappa shape index (κ2) is 12.4. The van der Waals surface area contributed by atoms with Crippen LogP contribution in [-0.2, 0) is 19.1 Å². The second-order valence-corrected chi connectivity index (χ2v) is 4.40. The Hall–Kier alpha value is -1.06. The van der Waals surface area contributed by atoms with Crippen molar-refractivity contribution in [3.05, 3.63) is 0 Å². The van der Waals surface area contributed by atoms with Gasteiger partial charge in [-0.3, -0.25) is 9.59 Å². The molecule has 0 aliphatic carbocycles. The third-order valence-electron chi connectivity index (χ3n) is 2.84. The summed E-state index contributed by atoms with van der Waals surface area (Å²) in [5, 5.41) is 0. The highest BCUT2D eigenvalue weighted by Gasteiger charge is 2.10. The van der Waals surface area contributed by atoms with Crippen LogP contribution in [0.25, 0.3) is 0 Å². The average molecular weight is 258 g/mol. The lowest BCUT2D eigenvalue weighted by atomic mass is 10.0. The van der Waals surface area contributed by atoms with E-state index < -0.39 is 0 Å². The quantitative estimate of drug-likeness (QED) is 0.306. The molecule has 18 heavy (non-hydrogen) atoms. The molecule has 1 atom stereocenters. The van der Waals surface area contributed by atoms with Gasteiger partial charge in [-0.15, -0.1) is 0 Å². The maximum Gasteiger partial charge on any atom is 0.305 e. The fraction of sp³-hybridized carbons (Fsp3) is 0.857. The van der Waals surface area contributed by atoms with Gasteiger partial charge < -0.3 is 9.47 Å². The van der Waals surface area contributed by atoms with Gasteiger partial charge in [0, 0.05) is 6.42 Å². The summed E-state index contributed by atoms with van der Waals surface area (Å²) in [5.41, 5.74) is 0. The molecule has 106 valence electrons. The largest absolute Gasteiger partial charge is 0.466 e. The second-order valence-electron chi connectivity index (χ2n) is 4.40. The number of hydrogen-bond donors (Lipinski definition) is 0. The van der Waals surface area contributed by atoms with E-state index in [1.54, 1.807) is 6.92 Å². The van der Waals surface area contributed by atoms with Crippen LogP contribution in [-0.4, -0.2) is 25.2 Å². The van der Waals surface area contributed by atoms with Crippen molar-refractivity contribution in [2.24, 2.45) is 0 Å². The van der Waals surface area contributed by atoms with Crippen LogP contribution in [0.15, 0.2) is 0 Å². The first-order chi connectivity index (χ1) is 8.74. The van der Waals surface area contributed by atoms with Crippen LogP contribution in [0.1, 0.15) is 65.2 Å². The Balaban J connectivity index is 3.68. The summed E-state index contributed by atoms with van der Waals surface area (Å²) < 4.78 is 9.88. The highest BCUT2D eigenvalue weighted by Crippen LogP contribution is 2.13. The minimum absolute atomic E-state index is 0.0474. The molecule has 0 aliphatic heterocycles. The molecule has 0 spiro atoms. The van der Waals surface area contributed by atoms with Gasteiger partial charge in [0.05, 0.1) is 6.61 Å². The van der Waals surface area contributed by atoms with Crippen LogP contribution in [0, 0.1) is 0 Å². The molecule has 0 aliphatic rings. The van der Waals surface area contributed by atoms with Crippen LogP contribution in [0.5, 0.6) is 0 Å². The summed E-state index contributed by atoms with van der Waals surface area (Å²) in [6.07, 6.45) is 7.36. The van der Waals surface area contributed by atoms with Gasteiger partial charge in [0.25, 0.3) is 6.47 Å². The summed E-state index contributed by atoms with van der Waals surface area (Å²) in [6, 6.07) is 0. The number of rotatable bonds is 12. The molecule has 0 fully saturated rings. The number of hydrogen-bond acceptors (Lipinski definition) is 4. The van der Waals surface area contributed by atoms with Gasteiger partial charge in [0.1, 0.15) is 6.10 Å². The molecule has 0 aromatic rings. The first-order valence-corrected chi connectivity index (χ1v) is 6.99. The van der Waals surface area contributed by atoms with E-state index >= 15 is 0 Å². The summed E-state index contributed by atoms with van der Waals surface area (Å²) in [6.45, 7) is 4.89. The number of unbranched alkanes of at least 4 members (excludes halogenated alkanes) is 3. The molecular weight excluding hydrogens is 232 g/mol. The van der Waals surface area contributed by atoms with Crippen molar-refractivity contribution in [3.8, 4) is 0 Å². The Morgan fingerprint density at radius 3 is 2.44 bits per heavy atom. The van der Waals surface area contributed by atoms with E-state index in [1.165, 1.54) is 19.3 Å². The van der Waals surface area contributed by atoms with E-state index in [1.807, 2.05) is 0 Å². The summed E-state index contributed by atoms with van der Waals surface area (Å²) >= 11 is 0. The maximum atomic E-state index is 11.1. The van der Waals surface area contributed by atoms with E-state index in [0.29, 0.717) is 25.9 Å². The van der Waals surface area contributed by atoms with Crippen LogP contribution in [0.4, 0.5) is 0 Å². The zero-order valence-electron chi connectivity index (χ0n) is 11.7. The number of esters is 1. The minimum Gasteiger partial charge on any atom is -0.466 e. The first-order valence-electron chi connectivity index (χ1n) is 6.99. The summed E-state index contributed by atoms with van der Waals surface area (Å²) in [5.74, 6) is -0.173. The molecule has 1 unspecified atom stereocenters. The predicted octanol–water partition coefficient (Wildman–Crippen LogP) is 3.23. The van der Waals surface area contributed by atoms with Gasteiger partial charge in [-0.1, -0.05) is 26.2 Å². The van der Waals surface area contributed by atoms with E-state index in [-0.39, 0.29) is 12.1 Å². The maximum absolute atomic E-state index is 11.1. The predicted molar refractivity (Wildman–Crippen MR) is 70.2 cm³/mol. The first kappa shape index (κ1) is 16.9. The lowest BCUT2D eigenvalue weighted by Gasteiger charge is -2.14. The molecule has 0 aromatic carbocycles. The summed E-state index contributed by atoms with van der Waals surface area (Å²) in [4.78, 5) is 21.5. The Bertz CT molecular complexity index is 216. The monoisotopic (exact) mass is 258 g/mol. The Kier molecular flexibility index (Phi) is 11.7. The Morgan fingerprint density at radius 2 is 1.83 bits per heavy atom. The zero-order chi connectivity index (χ0) is 13.6. The molecule has 4 nitrogen and oxygen atoms in total. The highest BCUT2D eigenvalue weighted by molar-refractivity contribution is 5.69. The fourth-order valence-electron chi connectivity index (χ4n) is 1.86. The van der Waals surface area contributed by atoms with Gasteiger partial charge in [0.2, 0.25) is 0 Å². The average Bonchev–Trinajstić information content (AvgIpc) is 2.35. The molecule has 0 bridgehead atoms. The van der Waals surface area contributed by atoms with Gasteiger partial charge in [0.15, 0.2) is 0 Å². The highest BCUT2D eigenvalue weighted by atomic mass is 16.5. The lowest BCUT2D eigenvalue weighted by molar-refractivity contribution is -0.143. The molecule has 4 heteroatoms. The van der Waals surface area contributed by atoms with Crippen molar-refractivity contribution in [1.82, 2.24) is 0 Å². The third-order valence-corrected chi connectivity index (χ3v) is 2.84. The van der Waals surface area contributed by atoms with Crippen molar-refractivity contribution in [1.29, 1.82) is 0 Å². The topological polar surface area (TPSA) is 52.6 Å². The van der Waals surface area contributed by atoms with Crippen molar-refractivity contribution in [2.75, 3.05) is 6.61 Å². The number of carbonyl (C=O) groups excluding carboxylic acids is 2. The third kappa shape index (κ3) is 10.1. The number of carbonyl (C=O) groups is 2. The zero-order valence-corrected chi connectivity index (χ0v) is 11.7. The Morgan fingerprint density at radius 1 is 1.11 bits per heavy atom. The normalized spacial score (nSPS) is 11.9. The molecule has 0 saturated carbocycles. The van der Waals surface area contributed by atoms with Gasteiger partial charge in [-0.25, -0.2) is 0 Å². The van der Waals surface area contributed by atoms with Crippen molar-refractivity contribution >= 4 is 12.4 Å². The van der Waals surface area contributed by atoms with Crippen LogP contribution in [0.3, 0.4) is 0 Å². The molecule has 0 aromatic heterocycles. The van der Waals surface area contributed by atoms with E-state index in [0.717, 1.165) is 19.3 Å². The van der Waals surface area contributed by atoms with Gasteiger partial charge in [-0.05, 0) is 32.6 Å². The standard InChI is InChI=1S/C14H26O4/c1-3-5-6-7-9-13(18-12-15)10-8-11-14(16)17-4-2/h12-13H,3-11H2,1-2H3. The number of ether oxygens (including phenoxy) is 2. The van der Waals surface area contributed by atoms with E-state index in [4.69, 9.17) is 9.47 Å². The lowest BCUT2D eigenvalue weighted by Crippen LogP contribution is -2.13. The van der Waals surface area contributed by atoms with Gasteiger partial charge in [-0.2, -0.15) is 0 Å². The molecule has 0 heterocycles.